The molecule has 0 unspecified atom stereocenters. The molecule has 0 saturated heterocycles. The van der Waals surface area contributed by atoms with Gasteiger partial charge in [0, 0.05) is 44.3 Å². The van der Waals surface area contributed by atoms with Crippen molar-refractivity contribution in [2.75, 3.05) is 13.1 Å². The van der Waals surface area contributed by atoms with Crippen LogP contribution in [0.5, 0.6) is 0 Å². The SMILES string of the molecule is CC(=O)N(CCCCCNC(=O)c1ccc([N+](=O)[O-])cc1)Cc1ccccc1. The molecule has 0 saturated carbocycles. The van der Waals surface area contributed by atoms with E-state index in [0.29, 0.717) is 25.2 Å². The van der Waals surface area contributed by atoms with E-state index in [4.69, 9.17) is 0 Å². The van der Waals surface area contributed by atoms with E-state index >= 15 is 0 Å². The molecule has 0 bridgehead atoms. The maximum absolute atomic E-state index is 12.0. The van der Waals surface area contributed by atoms with Gasteiger partial charge in [-0.2, -0.15) is 0 Å². The summed E-state index contributed by atoms with van der Waals surface area (Å²) >= 11 is 0. The minimum absolute atomic E-state index is 0.0397. The van der Waals surface area contributed by atoms with Gasteiger partial charge in [0.05, 0.1) is 4.92 Å². The number of rotatable bonds is 10. The normalized spacial score (nSPS) is 10.3. The number of carbonyl (C=O) groups excluding carboxylic acids is 2. The van der Waals surface area contributed by atoms with Crippen LogP contribution in [-0.2, 0) is 11.3 Å². The number of nitrogens with one attached hydrogen (secondary N) is 1. The minimum Gasteiger partial charge on any atom is -0.352 e. The van der Waals surface area contributed by atoms with E-state index in [1.54, 1.807) is 6.92 Å². The Kier molecular flexibility index (Phi) is 8.14. The maximum Gasteiger partial charge on any atom is 0.269 e. The van der Waals surface area contributed by atoms with Gasteiger partial charge in [-0.3, -0.25) is 19.7 Å². The van der Waals surface area contributed by atoms with Gasteiger partial charge in [0.15, 0.2) is 0 Å². The maximum atomic E-state index is 12.0. The molecule has 0 aromatic heterocycles. The van der Waals surface area contributed by atoms with Crippen molar-refractivity contribution < 1.29 is 14.5 Å². The molecule has 1 N–H and O–H groups in total. The summed E-state index contributed by atoms with van der Waals surface area (Å²) < 4.78 is 0. The van der Waals surface area contributed by atoms with Crippen LogP contribution in [0.2, 0.25) is 0 Å². The summed E-state index contributed by atoms with van der Waals surface area (Å²) in [6.45, 7) is 3.38. The van der Waals surface area contributed by atoms with E-state index in [-0.39, 0.29) is 17.5 Å². The number of benzene rings is 2. The fourth-order valence-electron chi connectivity index (χ4n) is 2.79. The van der Waals surface area contributed by atoms with E-state index in [0.717, 1.165) is 24.8 Å². The van der Waals surface area contributed by atoms with Crippen molar-refractivity contribution in [3.8, 4) is 0 Å². The molecule has 0 aliphatic carbocycles. The summed E-state index contributed by atoms with van der Waals surface area (Å²) in [6, 6.07) is 15.4. The average Bonchev–Trinajstić information content (AvgIpc) is 2.70. The summed E-state index contributed by atoms with van der Waals surface area (Å²) in [4.78, 5) is 35.8. The fourth-order valence-corrected chi connectivity index (χ4v) is 2.79. The van der Waals surface area contributed by atoms with Gasteiger partial charge in [-0.1, -0.05) is 30.3 Å². The molecular formula is C21H25N3O4. The Labute approximate surface area is 164 Å². The van der Waals surface area contributed by atoms with E-state index in [1.807, 2.05) is 35.2 Å². The van der Waals surface area contributed by atoms with Crippen molar-refractivity contribution in [3.63, 3.8) is 0 Å². The van der Waals surface area contributed by atoms with Crippen LogP contribution < -0.4 is 5.32 Å². The molecule has 0 fully saturated rings. The molecule has 0 aliphatic heterocycles. The third-order valence-corrected chi connectivity index (χ3v) is 4.39. The molecule has 2 rings (SSSR count). The van der Waals surface area contributed by atoms with Crippen LogP contribution in [-0.4, -0.2) is 34.7 Å². The summed E-state index contributed by atoms with van der Waals surface area (Å²) in [7, 11) is 0. The minimum atomic E-state index is -0.496. The second-order valence-electron chi connectivity index (χ2n) is 6.55. The van der Waals surface area contributed by atoms with Gasteiger partial charge in [-0.25, -0.2) is 0 Å². The smallest absolute Gasteiger partial charge is 0.269 e. The number of nitrogens with zero attached hydrogens (tertiary/aromatic N) is 2. The molecule has 0 aliphatic rings. The van der Waals surface area contributed by atoms with E-state index in [2.05, 4.69) is 5.32 Å². The summed E-state index contributed by atoms with van der Waals surface area (Å²) in [5.41, 5.74) is 1.46. The van der Waals surface area contributed by atoms with E-state index in [9.17, 15) is 19.7 Å². The predicted molar refractivity (Wildman–Crippen MR) is 107 cm³/mol. The lowest BCUT2D eigenvalue weighted by Crippen LogP contribution is -2.29. The first-order chi connectivity index (χ1) is 13.5. The Morgan fingerprint density at radius 2 is 1.68 bits per heavy atom. The Morgan fingerprint density at radius 3 is 2.29 bits per heavy atom. The zero-order valence-corrected chi connectivity index (χ0v) is 16.0. The van der Waals surface area contributed by atoms with Gasteiger partial charge < -0.3 is 10.2 Å². The van der Waals surface area contributed by atoms with Gasteiger partial charge in [0.25, 0.3) is 11.6 Å². The molecule has 7 nitrogen and oxygen atoms in total. The number of nitro groups is 1. The second-order valence-corrected chi connectivity index (χ2v) is 6.55. The molecule has 148 valence electrons. The summed E-state index contributed by atoms with van der Waals surface area (Å²) in [5.74, 6) is -0.195. The van der Waals surface area contributed by atoms with Crippen LogP contribution in [0.1, 0.15) is 42.1 Å². The molecule has 28 heavy (non-hydrogen) atoms. The number of amides is 2. The zero-order valence-electron chi connectivity index (χ0n) is 16.0. The summed E-state index contributed by atoms with van der Waals surface area (Å²) in [5, 5.41) is 13.4. The topological polar surface area (TPSA) is 92.6 Å². The lowest BCUT2D eigenvalue weighted by molar-refractivity contribution is -0.384. The third kappa shape index (κ3) is 6.83. The van der Waals surface area contributed by atoms with Crippen molar-refractivity contribution in [2.24, 2.45) is 0 Å². The van der Waals surface area contributed by atoms with Crippen LogP contribution in [0.15, 0.2) is 54.6 Å². The number of unbranched alkanes of at least 4 members (excludes halogenated alkanes) is 2. The van der Waals surface area contributed by atoms with Crippen molar-refractivity contribution in [1.82, 2.24) is 10.2 Å². The first-order valence-electron chi connectivity index (χ1n) is 9.29. The number of hydrogen-bond acceptors (Lipinski definition) is 4. The number of nitro benzene ring substituents is 1. The first-order valence-corrected chi connectivity index (χ1v) is 9.29. The first kappa shape index (κ1) is 21.1. The number of non-ortho nitro benzene ring substituents is 1. The standard InChI is InChI=1S/C21H25N3O4/c1-17(25)23(16-18-8-4-2-5-9-18)15-7-3-6-14-22-21(26)19-10-12-20(13-11-19)24(27)28/h2,4-5,8-13H,3,6-7,14-16H2,1H3,(H,22,26). The van der Waals surface area contributed by atoms with Crippen molar-refractivity contribution in [2.45, 2.75) is 32.7 Å². The molecular weight excluding hydrogens is 358 g/mol. The zero-order chi connectivity index (χ0) is 20.4. The molecule has 0 radical (unpaired) electrons. The quantitative estimate of drug-likeness (QED) is 0.386. The lowest BCUT2D eigenvalue weighted by Gasteiger charge is -2.21. The largest absolute Gasteiger partial charge is 0.352 e. The molecule has 0 atom stereocenters. The molecule has 2 aromatic rings. The van der Waals surface area contributed by atoms with Gasteiger partial charge in [0.2, 0.25) is 5.91 Å². The highest BCUT2D eigenvalue weighted by atomic mass is 16.6. The monoisotopic (exact) mass is 383 g/mol. The van der Waals surface area contributed by atoms with Gasteiger partial charge in [-0.05, 0) is 37.0 Å². The van der Waals surface area contributed by atoms with E-state index < -0.39 is 4.92 Å². The molecule has 7 heteroatoms. The number of carbonyl (C=O) groups is 2. The highest BCUT2D eigenvalue weighted by molar-refractivity contribution is 5.94. The van der Waals surface area contributed by atoms with Crippen LogP contribution in [0.4, 0.5) is 5.69 Å². The summed E-state index contributed by atoms with van der Waals surface area (Å²) in [6.07, 6.45) is 2.55. The second kappa shape index (κ2) is 10.8. The molecule has 0 spiro atoms. The predicted octanol–water partition coefficient (Wildman–Crippen LogP) is 3.54. The highest BCUT2D eigenvalue weighted by Crippen LogP contribution is 2.12. The fraction of sp³-hybridized carbons (Fsp3) is 0.333. The molecule has 2 amide bonds. The molecule has 0 heterocycles. The lowest BCUT2D eigenvalue weighted by atomic mass is 10.1. The Morgan fingerprint density at radius 1 is 1.00 bits per heavy atom. The average molecular weight is 383 g/mol. The van der Waals surface area contributed by atoms with Gasteiger partial charge in [0.1, 0.15) is 0 Å². The Balaban J connectivity index is 1.66. The third-order valence-electron chi connectivity index (χ3n) is 4.39. The van der Waals surface area contributed by atoms with Gasteiger partial charge >= 0.3 is 0 Å². The highest BCUT2D eigenvalue weighted by Gasteiger charge is 2.10. The van der Waals surface area contributed by atoms with Crippen molar-refractivity contribution in [1.29, 1.82) is 0 Å². The van der Waals surface area contributed by atoms with Crippen LogP contribution in [0, 0.1) is 10.1 Å². The molecule has 2 aromatic carbocycles. The Bertz CT molecular complexity index is 791. The van der Waals surface area contributed by atoms with Crippen LogP contribution >= 0.6 is 0 Å². The van der Waals surface area contributed by atoms with Crippen molar-refractivity contribution in [3.05, 3.63) is 75.8 Å². The van der Waals surface area contributed by atoms with Crippen molar-refractivity contribution >= 4 is 17.5 Å². The number of hydrogen-bond donors (Lipinski definition) is 1. The van der Waals surface area contributed by atoms with Crippen LogP contribution in [0.3, 0.4) is 0 Å². The van der Waals surface area contributed by atoms with Crippen LogP contribution in [0.25, 0.3) is 0 Å². The van der Waals surface area contributed by atoms with Gasteiger partial charge in [-0.15, -0.1) is 0 Å². The van der Waals surface area contributed by atoms with E-state index in [1.165, 1.54) is 24.3 Å². The Hall–Kier alpha value is -3.22.